The molecule has 0 aliphatic rings. The van der Waals surface area contributed by atoms with Crippen molar-refractivity contribution < 1.29 is 17.7 Å². The van der Waals surface area contributed by atoms with Crippen LogP contribution in [0, 0.1) is 6.92 Å². The van der Waals surface area contributed by atoms with Crippen molar-refractivity contribution in [1.29, 1.82) is 0 Å². The lowest BCUT2D eigenvalue weighted by atomic mass is 10.0. The molecule has 0 fully saturated rings. The van der Waals surface area contributed by atoms with Gasteiger partial charge in [-0.25, -0.2) is 8.42 Å². The van der Waals surface area contributed by atoms with Gasteiger partial charge in [0.1, 0.15) is 5.76 Å². The van der Waals surface area contributed by atoms with Gasteiger partial charge >= 0.3 is 0 Å². The number of nitrogens with zero attached hydrogens (tertiary/aromatic N) is 2. The van der Waals surface area contributed by atoms with Crippen molar-refractivity contribution in [2.24, 2.45) is 0 Å². The van der Waals surface area contributed by atoms with Gasteiger partial charge in [0, 0.05) is 11.3 Å². The van der Waals surface area contributed by atoms with Gasteiger partial charge in [-0.05, 0) is 59.9 Å². The first-order valence-corrected chi connectivity index (χ1v) is 10.2. The number of hydrogen-bond donors (Lipinski definition) is 1. The Hall–Kier alpha value is -3.65. The maximum Gasteiger partial charge on any atom is 0.256 e. The van der Waals surface area contributed by atoms with Gasteiger partial charge in [0.25, 0.3) is 5.91 Å². The molecule has 0 aliphatic carbocycles. The molecular formula is C21H16N3O4S-. The van der Waals surface area contributed by atoms with E-state index in [2.05, 4.69) is 15.2 Å². The Balaban J connectivity index is 1.52. The molecule has 146 valence electrons. The zero-order valence-electron chi connectivity index (χ0n) is 15.4. The average molecular weight is 406 g/mol. The van der Waals surface area contributed by atoms with Crippen LogP contribution in [-0.4, -0.2) is 19.5 Å². The molecule has 0 atom stereocenters. The Morgan fingerprint density at radius 2 is 1.72 bits per heavy atom. The summed E-state index contributed by atoms with van der Waals surface area (Å²) in [5, 5.41) is 8.16. The zero-order chi connectivity index (χ0) is 20.4. The van der Waals surface area contributed by atoms with Gasteiger partial charge in [-0.1, -0.05) is 36.4 Å². The second-order valence-electron chi connectivity index (χ2n) is 6.37. The maximum atomic E-state index is 12.7. The Kier molecular flexibility index (Phi) is 4.77. The van der Waals surface area contributed by atoms with E-state index >= 15 is 0 Å². The zero-order valence-corrected chi connectivity index (χ0v) is 16.2. The highest BCUT2D eigenvalue weighted by Crippen LogP contribution is 2.28. The van der Waals surface area contributed by atoms with Gasteiger partial charge in [0.05, 0.1) is 4.90 Å². The lowest BCUT2D eigenvalue weighted by Gasteiger charge is -2.12. The lowest BCUT2D eigenvalue weighted by molar-refractivity contribution is 0.102. The summed E-state index contributed by atoms with van der Waals surface area (Å²) in [6, 6.07) is 20.3. The molecule has 0 unspecified atom stereocenters. The Morgan fingerprint density at radius 1 is 1.00 bits per heavy atom. The second-order valence-corrected chi connectivity index (χ2v) is 7.97. The number of carbonyl (C=O) groups excluding carboxylic acids is 1. The number of fused-ring (bicyclic) bond motifs is 1. The molecule has 8 heteroatoms. The van der Waals surface area contributed by atoms with E-state index in [0.717, 1.165) is 10.8 Å². The number of sulfonamides is 1. The number of benzene rings is 3. The van der Waals surface area contributed by atoms with Crippen molar-refractivity contribution in [1.82, 2.24) is 5.16 Å². The fourth-order valence-electron chi connectivity index (χ4n) is 2.90. The third-order valence-electron chi connectivity index (χ3n) is 4.27. The Labute approximate surface area is 167 Å². The minimum atomic E-state index is -3.94. The van der Waals surface area contributed by atoms with Crippen LogP contribution in [0.15, 0.2) is 82.2 Å². The summed E-state index contributed by atoms with van der Waals surface area (Å²) in [7, 11) is -3.94. The topological polar surface area (TPSA) is 103 Å². The molecule has 0 bridgehead atoms. The smallest absolute Gasteiger partial charge is 0.256 e. The van der Waals surface area contributed by atoms with Gasteiger partial charge in [-0.3, -0.25) is 9.95 Å². The molecule has 7 nitrogen and oxygen atoms in total. The molecule has 29 heavy (non-hydrogen) atoms. The van der Waals surface area contributed by atoms with E-state index in [9.17, 15) is 13.2 Å². The molecule has 0 saturated heterocycles. The molecule has 1 amide bonds. The average Bonchev–Trinajstić information content (AvgIpc) is 3.11. The van der Waals surface area contributed by atoms with Gasteiger partial charge in [-0.2, -0.15) is 0 Å². The molecule has 4 rings (SSSR count). The number of carbonyl (C=O) groups is 1. The highest BCUT2D eigenvalue weighted by molar-refractivity contribution is 7.94. The predicted octanol–water partition coefficient (Wildman–Crippen LogP) is 4.78. The number of aryl methyl sites for hydroxylation is 1. The van der Waals surface area contributed by atoms with Crippen LogP contribution in [0.4, 0.5) is 11.5 Å². The molecule has 0 aliphatic heterocycles. The summed E-state index contributed by atoms with van der Waals surface area (Å²) < 4.78 is 33.2. The number of aromatic nitrogens is 1. The van der Waals surface area contributed by atoms with Crippen molar-refractivity contribution in [3.05, 3.63) is 88.8 Å². The van der Waals surface area contributed by atoms with Crippen LogP contribution in [0.3, 0.4) is 0 Å². The second kappa shape index (κ2) is 7.40. The highest BCUT2D eigenvalue weighted by atomic mass is 32.2. The first-order valence-electron chi connectivity index (χ1n) is 8.73. The first-order chi connectivity index (χ1) is 13.9. The van der Waals surface area contributed by atoms with E-state index in [-0.39, 0.29) is 16.6 Å². The molecule has 3 aromatic carbocycles. The Bertz CT molecular complexity index is 1290. The van der Waals surface area contributed by atoms with Gasteiger partial charge in [0.2, 0.25) is 10.0 Å². The van der Waals surface area contributed by atoms with Crippen LogP contribution >= 0.6 is 0 Å². The van der Waals surface area contributed by atoms with Crippen LogP contribution in [0.2, 0.25) is 0 Å². The number of hydrogen-bond acceptors (Lipinski definition) is 5. The molecule has 0 spiro atoms. The summed E-state index contributed by atoms with van der Waals surface area (Å²) in [5.41, 5.74) is 1.01. The van der Waals surface area contributed by atoms with Gasteiger partial charge in [-0.15, -0.1) is 0 Å². The van der Waals surface area contributed by atoms with Crippen LogP contribution < -0.4 is 5.32 Å². The van der Waals surface area contributed by atoms with Crippen LogP contribution in [-0.2, 0) is 10.0 Å². The third-order valence-corrected chi connectivity index (χ3v) is 5.57. The van der Waals surface area contributed by atoms with E-state index < -0.39 is 10.0 Å². The minimum absolute atomic E-state index is 0.0127. The van der Waals surface area contributed by atoms with Crippen molar-refractivity contribution in [3.63, 3.8) is 0 Å². The molecule has 1 aromatic heterocycles. The van der Waals surface area contributed by atoms with Crippen molar-refractivity contribution in [2.75, 3.05) is 5.32 Å². The van der Waals surface area contributed by atoms with E-state index in [1.165, 1.54) is 30.3 Å². The third kappa shape index (κ3) is 3.97. The molecular weight excluding hydrogens is 390 g/mol. The van der Waals surface area contributed by atoms with Crippen LogP contribution in [0.1, 0.15) is 16.1 Å². The van der Waals surface area contributed by atoms with E-state index in [0.29, 0.717) is 17.0 Å². The van der Waals surface area contributed by atoms with E-state index in [1.54, 1.807) is 13.0 Å². The highest BCUT2D eigenvalue weighted by Gasteiger charge is 2.13. The minimum Gasteiger partial charge on any atom is -0.460 e. The molecule has 1 N–H and O–H groups in total. The number of anilines is 1. The van der Waals surface area contributed by atoms with Crippen molar-refractivity contribution >= 4 is 38.2 Å². The van der Waals surface area contributed by atoms with Crippen LogP contribution in [0.5, 0.6) is 0 Å². The normalized spacial score (nSPS) is 11.3. The fourth-order valence-corrected chi connectivity index (χ4v) is 3.82. The molecule has 0 radical (unpaired) electrons. The molecule has 1 heterocycles. The van der Waals surface area contributed by atoms with Crippen LogP contribution in [0.25, 0.3) is 15.5 Å². The summed E-state index contributed by atoms with van der Waals surface area (Å²) >= 11 is 0. The monoisotopic (exact) mass is 406 g/mol. The SMILES string of the molecule is Cc1cc([N-]S(=O)(=O)c2ccc(NC(=O)c3cccc4ccccc34)cc2)no1. The first kappa shape index (κ1) is 18.7. The van der Waals surface area contributed by atoms with Gasteiger partial charge < -0.3 is 14.6 Å². The number of amides is 1. The fraction of sp³-hybridized carbons (Fsp3) is 0.0476. The number of rotatable bonds is 5. The maximum absolute atomic E-state index is 12.7. The summed E-state index contributed by atoms with van der Waals surface area (Å²) in [6.07, 6.45) is 0. The molecule has 0 saturated carbocycles. The van der Waals surface area contributed by atoms with E-state index in [4.69, 9.17) is 4.52 Å². The summed E-state index contributed by atoms with van der Waals surface area (Å²) in [4.78, 5) is 12.7. The van der Waals surface area contributed by atoms with Crippen molar-refractivity contribution in [2.45, 2.75) is 11.8 Å². The quantitative estimate of drug-likeness (QED) is 0.513. The van der Waals surface area contributed by atoms with Crippen molar-refractivity contribution in [3.8, 4) is 0 Å². The summed E-state index contributed by atoms with van der Waals surface area (Å²) in [5.74, 6) is 0.168. The largest absolute Gasteiger partial charge is 0.460 e. The molecule has 4 aromatic rings. The summed E-state index contributed by atoms with van der Waals surface area (Å²) in [6.45, 7) is 1.64. The van der Waals surface area contributed by atoms with Gasteiger partial charge in [0.15, 0.2) is 0 Å². The number of nitrogens with one attached hydrogen (secondary N) is 1. The Morgan fingerprint density at radius 3 is 2.45 bits per heavy atom. The predicted molar refractivity (Wildman–Crippen MR) is 110 cm³/mol. The lowest BCUT2D eigenvalue weighted by Crippen LogP contribution is -2.12. The van der Waals surface area contributed by atoms with E-state index in [1.807, 2.05) is 36.4 Å². The standard InChI is InChI=1S/C21H17N3O4S/c1-14-13-20(23-28-14)24-29(26,27)17-11-9-16(10-12-17)22-21(25)19-8-4-6-15-5-2-3-7-18(15)19/h2-13H,1H3,(H2,22,23,24,25)/p-1.